The summed E-state index contributed by atoms with van der Waals surface area (Å²) in [7, 11) is 4.03. The maximum atomic E-state index is 10.4. The molecular weight excluding hydrogens is 224 g/mol. The van der Waals surface area contributed by atoms with Crippen molar-refractivity contribution >= 4 is 5.69 Å². The summed E-state index contributed by atoms with van der Waals surface area (Å²) in [6.45, 7) is 7.20. The first-order valence-electron chi connectivity index (χ1n) is 6.66. The minimum Gasteiger partial charge on any atom is -0.387 e. The SMILES string of the molecule is CCNC(C(C)C)C(O)c1ccc(N(C)C)cc1. The van der Waals surface area contributed by atoms with Gasteiger partial charge in [-0.05, 0) is 30.2 Å². The van der Waals surface area contributed by atoms with E-state index in [1.807, 2.05) is 38.4 Å². The van der Waals surface area contributed by atoms with Gasteiger partial charge in [0.05, 0.1) is 6.10 Å². The minimum atomic E-state index is -0.457. The molecule has 0 radical (unpaired) electrons. The van der Waals surface area contributed by atoms with Crippen LogP contribution in [-0.4, -0.2) is 31.8 Å². The second-order valence-electron chi connectivity index (χ2n) is 5.26. The van der Waals surface area contributed by atoms with Crippen molar-refractivity contribution in [1.29, 1.82) is 0 Å². The molecule has 0 aliphatic carbocycles. The summed E-state index contributed by atoms with van der Waals surface area (Å²) < 4.78 is 0. The molecule has 0 heterocycles. The Balaban J connectivity index is 2.84. The van der Waals surface area contributed by atoms with Gasteiger partial charge in [-0.15, -0.1) is 0 Å². The molecule has 1 aromatic carbocycles. The Bertz CT molecular complexity index is 346. The number of likely N-dealkylation sites (N-methyl/N-ethyl adjacent to an activating group) is 1. The molecule has 0 fully saturated rings. The third-order valence-electron chi connectivity index (χ3n) is 3.25. The molecule has 102 valence electrons. The van der Waals surface area contributed by atoms with Crippen LogP contribution in [0.1, 0.15) is 32.4 Å². The third-order valence-corrected chi connectivity index (χ3v) is 3.25. The summed E-state index contributed by atoms with van der Waals surface area (Å²) in [4.78, 5) is 2.06. The van der Waals surface area contributed by atoms with Gasteiger partial charge in [0.15, 0.2) is 0 Å². The van der Waals surface area contributed by atoms with Crippen LogP contribution < -0.4 is 10.2 Å². The van der Waals surface area contributed by atoms with Crippen LogP contribution >= 0.6 is 0 Å². The van der Waals surface area contributed by atoms with Gasteiger partial charge in [-0.1, -0.05) is 32.9 Å². The molecule has 0 aliphatic rings. The molecule has 0 aromatic heterocycles. The summed E-state index contributed by atoms with van der Waals surface area (Å²) in [6, 6.07) is 8.20. The average molecular weight is 250 g/mol. The van der Waals surface area contributed by atoms with Crippen LogP contribution in [0.3, 0.4) is 0 Å². The van der Waals surface area contributed by atoms with Gasteiger partial charge in [-0.2, -0.15) is 0 Å². The van der Waals surface area contributed by atoms with Crippen LogP contribution in [0.25, 0.3) is 0 Å². The van der Waals surface area contributed by atoms with Crippen molar-refractivity contribution in [2.24, 2.45) is 5.92 Å². The van der Waals surface area contributed by atoms with E-state index in [1.54, 1.807) is 0 Å². The molecule has 3 heteroatoms. The number of aliphatic hydroxyl groups excluding tert-OH is 1. The number of nitrogens with one attached hydrogen (secondary N) is 1. The number of hydrogen-bond donors (Lipinski definition) is 2. The fourth-order valence-electron chi connectivity index (χ4n) is 2.12. The standard InChI is InChI=1S/C15H26N2O/c1-6-16-14(11(2)3)15(18)12-7-9-13(10-8-12)17(4)5/h7-11,14-16,18H,6H2,1-5H3. The predicted molar refractivity (Wildman–Crippen MR) is 78.0 cm³/mol. The minimum absolute atomic E-state index is 0.0974. The molecule has 1 aromatic rings. The van der Waals surface area contributed by atoms with Crippen molar-refractivity contribution in [3.63, 3.8) is 0 Å². The summed E-state index contributed by atoms with van der Waals surface area (Å²) in [6.07, 6.45) is -0.457. The highest BCUT2D eigenvalue weighted by Gasteiger charge is 2.22. The van der Waals surface area contributed by atoms with Gasteiger partial charge in [0.25, 0.3) is 0 Å². The van der Waals surface area contributed by atoms with Crippen LogP contribution in [0.2, 0.25) is 0 Å². The lowest BCUT2D eigenvalue weighted by Gasteiger charge is -2.27. The largest absolute Gasteiger partial charge is 0.387 e. The maximum absolute atomic E-state index is 10.4. The Morgan fingerprint density at radius 2 is 1.72 bits per heavy atom. The molecule has 0 amide bonds. The lowest BCUT2D eigenvalue weighted by Crippen LogP contribution is -2.39. The number of anilines is 1. The molecule has 0 spiro atoms. The van der Waals surface area contributed by atoms with Crippen molar-refractivity contribution in [1.82, 2.24) is 5.32 Å². The molecular formula is C15H26N2O. The first-order chi connectivity index (χ1) is 8.47. The zero-order valence-electron chi connectivity index (χ0n) is 12.1. The topological polar surface area (TPSA) is 35.5 Å². The molecule has 0 saturated heterocycles. The Labute approximate surface area is 111 Å². The van der Waals surface area contributed by atoms with E-state index in [-0.39, 0.29) is 6.04 Å². The predicted octanol–water partition coefficient (Wildman–Crippen LogP) is 2.42. The molecule has 0 aliphatic heterocycles. The highest BCUT2D eigenvalue weighted by atomic mass is 16.3. The summed E-state index contributed by atoms with van der Waals surface area (Å²) in [5, 5.41) is 13.8. The van der Waals surface area contributed by atoms with Crippen molar-refractivity contribution in [3.8, 4) is 0 Å². The van der Waals surface area contributed by atoms with Crippen LogP contribution in [0.15, 0.2) is 24.3 Å². The van der Waals surface area contributed by atoms with E-state index < -0.39 is 6.10 Å². The van der Waals surface area contributed by atoms with Crippen LogP contribution in [0.4, 0.5) is 5.69 Å². The van der Waals surface area contributed by atoms with Gasteiger partial charge < -0.3 is 15.3 Å². The highest BCUT2D eigenvalue weighted by Crippen LogP contribution is 2.23. The van der Waals surface area contributed by atoms with E-state index in [4.69, 9.17) is 0 Å². The monoisotopic (exact) mass is 250 g/mol. The van der Waals surface area contributed by atoms with E-state index in [0.717, 1.165) is 17.8 Å². The molecule has 2 unspecified atom stereocenters. The fraction of sp³-hybridized carbons (Fsp3) is 0.600. The number of rotatable bonds is 6. The number of benzene rings is 1. The van der Waals surface area contributed by atoms with Gasteiger partial charge in [-0.3, -0.25) is 0 Å². The van der Waals surface area contributed by atoms with Gasteiger partial charge in [0, 0.05) is 25.8 Å². The Morgan fingerprint density at radius 1 is 1.17 bits per heavy atom. The normalized spacial score (nSPS) is 14.6. The second kappa shape index (κ2) is 6.76. The fourth-order valence-corrected chi connectivity index (χ4v) is 2.12. The molecule has 2 N–H and O–H groups in total. The smallest absolute Gasteiger partial charge is 0.0945 e. The highest BCUT2D eigenvalue weighted by molar-refractivity contribution is 5.46. The van der Waals surface area contributed by atoms with Gasteiger partial charge in [0.2, 0.25) is 0 Å². The molecule has 18 heavy (non-hydrogen) atoms. The number of hydrogen-bond acceptors (Lipinski definition) is 3. The lowest BCUT2D eigenvalue weighted by molar-refractivity contribution is 0.106. The molecule has 0 bridgehead atoms. The van der Waals surface area contributed by atoms with Gasteiger partial charge in [-0.25, -0.2) is 0 Å². The van der Waals surface area contributed by atoms with Crippen LogP contribution in [-0.2, 0) is 0 Å². The molecule has 3 nitrogen and oxygen atoms in total. The van der Waals surface area contributed by atoms with Crippen molar-refractivity contribution < 1.29 is 5.11 Å². The van der Waals surface area contributed by atoms with E-state index >= 15 is 0 Å². The van der Waals surface area contributed by atoms with Crippen LogP contribution in [0, 0.1) is 5.92 Å². The summed E-state index contributed by atoms with van der Waals surface area (Å²) >= 11 is 0. The van der Waals surface area contributed by atoms with Crippen LogP contribution in [0.5, 0.6) is 0 Å². The van der Waals surface area contributed by atoms with Crippen molar-refractivity contribution in [2.75, 3.05) is 25.5 Å². The zero-order chi connectivity index (χ0) is 13.7. The van der Waals surface area contributed by atoms with Crippen molar-refractivity contribution in [3.05, 3.63) is 29.8 Å². The molecule has 2 atom stereocenters. The van der Waals surface area contributed by atoms with E-state index in [9.17, 15) is 5.11 Å². The quantitative estimate of drug-likeness (QED) is 0.814. The number of aliphatic hydroxyl groups is 1. The first-order valence-corrected chi connectivity index (χ1v) is 6.66. The second-order valence-corrected chi connectivity index (χ2v) is 5.26. The van der Waals surface area contributed by atoms with E-state index in [0.29, 0.717) is 5.92 Å². The molecule has 1 rings (SSSR count). The summed E-state index contributed by atoms with van der Waals surface area (Å²) in [5.74, 6) is 0.397. The zero-order valence-corrected chi connectivity index (χ0v) is 12.1. The number of nitrogens with zero attached hydrogens (tertiary/aromatic N) is 1. The third kappa shape index (κ3) is 3.72. The molecule has 0 saturated carbocycles. The Morgan fingerprint density at radius 3 is 2.11 bits per heavy atom. The maximum Gasteiger partial charge on any atom is 0.0945 e. The van der Waals surface area contributed by atoms with E-state index in [2.05, 4.69) is 31.0 Å². The first kappa shape index (κ1) is 15.0. The van der Waals surface area contributed by atoms with Crippen molar-refractivity contribution in [2.45, 2.75) is 32.9 Å². The Hall–Kier alpha value is -1.06. The van der Waals surface area contributed by atoms with Gasteiger partial charge >= 0.3 is 0 Å². The lowest BCUT2D eigenvalue weighted by atomic mass is 9.93. The van der Waals surface area contributed by atoms with Gasteiger partial charge in [0.1, 0.15) is 0 Å². The summed E-state index contributed by atoms with van der Waals surface area (Å²) in [5.41, 5.74) is 2.12. The Kier molecular flexibility index (Phi) is 5.63. The van der Waals surface area contributed by atoms with E-state index in [1.165, 1.54) is 0 Å². The average Bonchev–Trinajstić information content (AvgIpc) is 2.35.